The van der Waals surface area contributed by atoms with Crippen LogP contribution in [0.25, 0.3) is 0 Å². The molecule has 1 amide bonds. The Labute approximate surface area is 116 Å². The molecule has 2 aromatic heterocycles. The SMILES string of the molecule is Cc1ccc(CNC(=O)[C@H]2CCCCn3nnnc32)o1. The molecule has 0 spiro atoms. The van der Waals surface area contributed by atoms with Crippen molar-refractivity contribution in [3.63, 3.8) is 0 Å². The minimum Gasteiger partial charge on any atom is -0.465 e. The van der Waals surface area contributed by atoms with Gasteiger partial charge in [0.05, 0.1) is 12.5 Å². The van der Waals surface area contributed by atoms with Gasteiger partial charge in [-0.15, -0.1) is 5.10 Å². The standard InChI is InChI=1S/C13H17N5O2/c1-9-5-6-10(20-9)8-14-13(19)11-4-2-3-7-18-12(11)15-16-17-18/h5-6,11H,2-4,7-8H2,1H3,(H,14,19)/t11-/m0/s1. The lowest BCUT2D eigenvalue weighted by molar-refractivity contribution is -0.123. The lowest BCUT2D eigenvalue weighted by Gasteiger charge is -2.12. The first-order chi connectivity index (χ1) is 9.74. The highest BCUT2D eigenvalue weighted by Crippen LogP contribution is 2.24. The fraction of sp³-hybridized carbons (Fsp3) is 0.538. The Hall–Kier alpha value is -2.18. The largest absolute Gasteiger partial charge is 0.465 e. The Bertz CT molecular complexity index is 603. The number of aryl methyl sites for hydroxylation is 2. The van der Waals surface area contributed by atoms with E-state index in [0.717, 1.165) is 37.3 Å². The predicted octanol–water partition coefficient (Wildman–Crippen LogP) is 1.16. The topological polar surface area (TPSA) is 85.8 Å². The van der Waals surface area contributed by atoms with Gasteiger partial charge in [0.15, 0.2) is 5.82 Å². The monoisotopic (exact) mass is 275 g/mol. The number of furan rings is 1. The van der Waals surface area contributed by atoms with Crippen LogP contribution in [-0.2, 0) is 17.9 Å². The molecule has 0 saturated carbocycles. The molecule has 0 unspecified atom stereocenters. The summed E-state index contributed by atoms with van der Waals surface area (Å²) >= 11 is 0. The Kier molecular flexibility index (Phi) is 3.49. The second-order valence-electron chi connectivity index (χ2n) is 5.04. The van der Waals surface area contributed by atoms with Crippen LogP contribution < -0.4 is 5.32 Å². The number of nitrogens with zero attached hydrogens (tertiary/aromatic N) is 4. The highest BCUT2D eigenvalue weighted by molar-refractivity contribution is 5.82. The molecule has 0 aliphatic carbocycles. The second kappa shape index (κ2) is 5.44. The lowest BCUT2D eigenvalue weighted by atomic mass is 10.0. The van der Waals surface area contributed by atoms with Gasteiger partial charge < -0.3 is 9.73 Å². The Morgan fingerprint density at radius 2 is 2.40 bits per heavy atom. The molecule has 3 rings (SSSR count). The molecule has 7 nitrogen and oxygen atoms in total. The normalized spacial score (nSPS) is 18.4. The van der Waals surface area contributed by atoms with Gasteiger partial charge >= 0.3 is 0 Å². The van der Waals surface area contributed by atoms with Gasteiger partial charge in [-0.3, -0.25) is 4.79 Å². The minimum atomic E-state index is -0.274. The number of nitrogens with one attached hydrogen (secondary N) is 1. The number of rotatable bonds is 3. The van der Waals surface area contributed by atoms with E-state index >= 15 is 0 Å². The average Bonchev–Trinajstić information content (AvgIpc) is 3.01. The number of carbonyl (C=O) groups excluding carboxylic acids is 1. The molecule has 1 atom stereocenters. The maximum Gasteiger partial charge on any atom is 0.231 e. The molecule has 106 valence electrons. The first-order valence-electron chi connectivity index (χ1n) is 6.83. The van der Waals surface area contributed by atoms with Crippen molar-refractivity contribution in [1.29, 1.82) is 0 Å². The van der Waals surface area contributed by atoms with Gasteiger partial charge in [-0.1, -0.05) is 6.42 Å². The molecule has 20 heavy (non-hydrogen) atoms. The summed E-state index contributed by atoms with van der Waals surface area (Å²) in [5, 5.41) is 14.5. The fourth-order valence-electron chi connectivity index (χ4n) is 2.49. The van der Waals surface area contributed by atoms with Crippen LogP contribution in [0.2, 0.25) is 0 Å². The van der Waals surface area contributed by atoms with E-state index < -0.39 is 0 Å². The molecule has 0 aromatic carbocycles. The van der Waals surface area contributed by atoms with Gasteiger partial charge in [0.25, 0.3) is 0 Å². The predicted molar refractivity (Wildman–Crippen MR) is 69.7 cm³/mol. The Morgan fingerprint density at radius 1 is 1.50 bits per heavy atom. The first kappa shape index (κ1) is 12.8. The van der Waals surface area contributed by atoms with Crippen LogP contribution in [0.3, 0.4) is 0 Å². The first-order valence-corrected chi connectivity index (χ1v) is 6.83. The van der Waals surface area contributed by atoms with Crippen LogP contribution >= 0.6 is 0 Å². The van der Waals surface area contributed by atoms with Crippen molar-refractivity contribution < 1.29 is 9.21 Å². The summed E-state index contributed by atoms with van der Waals surface area (Å²) in [4.78, 5) is 12.3. The number of amides is 1. The van der Waals surface area contributed by atoms with Gasteiger partial charge in [0.1, 0.15) is 11.5 Å². The van der Waals surface area contributed by atoms with Crippen molar-refractivity contribution in [2.45, 2.75) is 45.2 Å². The van der Waals surface area contributed by atoms with Crippen LogP contribution in [0.5, 0.6) is 0 Å². The molecule has 3 heterocycles. The number of tetrazole rings is 1. The summed E-state index contributed by atoms with van der Waals surface area (Å²) in [5.41, 5.74) is 0. The van der Waals surface area contributed by atoms with Crippen LogP contribution in [0.4, 0.5) is 0 Å². The molecule has 0 radical (unpaired) electrons. The van der Waals surface area contributed by atoms with Gasteiger partial charge in [-0.2, -0.15) is 0 Å². The summed E-state index contributed by atoms with van der Waals surface area (Å²) in [5.74, 6) is 1.94. The van der Waals surface area contributed by atoms with Crippen molar-refractivity contribution in [2.75, 3.05) is 0 Å². The third-order valence-electron chi connectivity index (χ3n) is 3.53. The summed E-state index contributed by atoms with van der Waals surface area (Å²) in [6.45, 7) is 3.05. The fourth-order valence-corrected chi connectivity index (χ4v) is 2.49. The van der Waals surface area contributed by atoms with E-state index in [1.807, 2.05) is 19.1 Å². The highest BCUT2D eigenvalue weighted by atomic mass is 16.3. The third-order valence-corrected chi connectivity index (χ3v) is 3.53. The van der Waals surface area contributed by atoms with E-state index in [9.17, 15) is 4.79 Å². The van der Waals surface area contributed by atoms with Crippen molar-refractivity contribution >= 4 is 5.91 Å². The van der Waals surface area contributed by atoms with Crippen molar-refractivity contribution in [1.82, 2.24) is 25.5 Å². The molecule has 1 aliphatic heterocycles. The molecule has 2 aromatic rings. The van der Waals surface area contributed by atoms with Crippen LogP contribution in [0.1, 0.15) is 42.5 Å². The van der Waals surface area contributed by atoms with Crippen molar-refractivity contribution in [3.05, 3.63) is 29.5 Å². The molecule has 1 N–H and O–H groups in total. The van der Waals surface area contributed by atoms with E-state index in [4.69, 9.17) is 4.42 Å². The van der Waals surface area contributed by atoms with E-state index in [0.29, 0.717) is 12.4 Å². The maximum atomic E-state index is 12.3. The summed E-state index contributed by atoms with van der Waals surface area (Å²) in [7, 11) is 0. The molecular weight excluding hydrogens is 258 g/mol. The van der Waals surface area contributed by atoms with Gasteiger partial charge in [0.2, 0.25) is 5.91 Å². The van der Waals surface area contributed by atoms with E-state index in [1.54, 1.807) is 4.68 Å². The van der Waals surface area contributed by atoms with Crippen molar-refractivity contribution in [3.8, 4) is 0 Å². The third kappa shape index (κ3) is 2.56. The number of aromatic nitrogens is 4. The van der Waals surface area contributed by atoms with E-state index in [2.05, 4.69) is 20.8 Å². The maximum absolute atomic E-state index is 12.3. The Balaban J connectivity index is 1.68. The van der Waals surface area contributed by atoms with Gasteiger partial charge in [-0.05, 0) is 42.3 Å². The van der Waals surface area contributed by atoms with Gasteiger partial charge in [-0.25, -0.2) is 4.68 Å². The zero-order valence-electron chi connectivity index (χ0n) is 11.4. The summed E-state index contributed by atoms with van der Waals surface area (Å²) in [6, 6.07) is 3.75. The van der Waals surface area contributed by atoms with E-state index in [-0.39, 0.29) is 11.8 Å². The van der Waals surface area contributed by atoms with Crippen LogP contribution in [0, 0.1) is 6.92 Å². The molecule has 0 fully saturated rings. The second-order valence-corrected chi connectivity index (χ2v) is 5.04. The van der Waals surface area contributed by atoms with Crippen LogP contribution in [0.15, 0.2) is 16.5 Å². The molecule has 7 heteroatoms. The Morgan fingerprint density at radius 3 is 3.20 bits per heavy atom. The quantitative estimate of drug-likeness (QED) is 0.908. The zero-order valence-corrected chi connectivity index (χ0v) is 11.4. The van der Waals surface area contributed by atoms with Crippen molar-refractivity contribution in [2.24, 2.45) is 0 Å². The number of fused-ring (bicyclic) bond motifs is 1. The van der Waals surface area contributed by atoms with Crippen LogP contribution in [-0.4, -0.2) is 26.1 Å². The molecular formula is C13H17N5O2. The van der Waals surface area contributed by atoms with E-state index in [1.165, 1.54) is 0 Å². The summed E-state index contributed by atoms with van der Waals surface area (Å²) < 4.78 is 7.17. The van der Waals surface area contributed by atoms with Gasteiger partial charge in [0, 0.05) is 6.54 Å². The molecule has 0 saturated heterocycles. The minimum absolute atomic E-state index is 0.0444. The average molecular weight is 275 g/mol. The number of carbonyl (C=O) groups is 1. The smallest absolute Gasteiger partial charge is 0.231 e. The number of hydrogen-bond acceptors (Lipinski definition) is 5. The molecule has 1 aliphatic rings. The highest BCUT2D eigenvalue weighted by Gasteiger charge is 2.28. The zero-order chi connectivity index (χ0) is 13.9. The number of hydrogen-bond donors (Lipinski definition) is 1. The summed E-state index contributed by atoms with van der Waals surface area (Å²) in [6.07, 6.45) is 2.77. The lowest BCUT2D eigenvalue weighted by Crippen LogP contribution is -2.30. The molecule has 0 bridgehead atoms.